The van der Waals surface area contributed by atoms with Gasteiger partial charge < -0.3 is 4.74 Å². The van der Waals surface area contributed by atoms with E-state index in [1.165, 1.54) is 6.20 Å². The number of carbonyl (C=O) groups is 2. The molecule has 1 aromatic heterocycles. The second kappa shape index (κ2) is 6.74. The average molecular weight is 395 g/mol. The Morgan fingerprint density at radius 2 is 1.82 bits per heavy atom. The Labute approximate surface area is 168 Å². The number of carbonyl (C=O) groups excluding carboxylic acids is 2. The second-order valence-corrected chi connectivity index (χ2v) is 7.91. The standard InChI is InChI=1S/C22H19ClN2O3/c23-14-10-11-17(24-12-14)25-19(13-6-2-1-3-7-13)18-20(26)15-8-4-5-9-16(15)28-21(18)22(25)27/h1-3,6-7,10-12,15-16,19H,4-5,8-9H2. The minimum Gasteiger partial charge on any atom is -0.483 e. The minimum atomic E-state index is -0.534. The number of rotatable bonds is 2. The van der Waals surface area contributed by atoms with Crippen LogP contribution in [0.15, 0.2) is 60.0 Å². The van der Waals surface area contributed by atoms with Crippen molar-refractivity contribution >= 4 is 29.1 Å². The van der Waals surface area contributed by atoms with Crippen LogP contribution < -0.4 is 4.90 Å². The van der Waals surface area contributed by atoms with Gasteiger partial charge in [-0.2, -0.15) is 0 Å². The number of fused-ring (bicyclic) bond motifs is 1. The first-order chi connectivity index (χ1) is 13.6. The number of amides is 1. The van der Waals surface area contributed by atoms with E-state index in [4.69, 9.17) is 16.3 Å². The zero-order chi connectivity index (χ0) is 19.3. The Bertz CT molecular complexity index is 971. The molecule has 3 aliphatic rings. The van der Waals surface area contributed by atoms with Crippen molar-refractivity contribution in [2.24, 2.45) is 5.92 Å². The summed E-state index contributed by atoms with van der Waals surface area (Å²) in [5.74, 6) is 0.223. The van der Waals surface area contributed by atoms with Crippen LogP contribution in [0.3, 0.4) is 0 Å². The number of nitrogens with zero attached hydrogens (tertiary/aromatic N) is 2. The Balaban J connectivity index is 1.65. The SMILES string of the molecule is O=C1C2=C(OC3CCCCC13)C(=O)N(c1ccc(Cl)cn1)C2c1ccccc1. The van der Waals surface area contributed by atoms with Gasteiger partial charge in [0.25, 0.3) is 5.91 Å². The highest BCUT2D eigenvalue weighted by atomic mass is 35.5. The lowest BCUT2D eigenvalue weighted by Crippen LogP contribution is -2.39. The van der Waals surface area contributed by atoms with E-state index < -0.39 is 6.04 Å². The van der Waals surface area contributed by atoms with Crippen LogP contribution >= 0.6 is 11.6 Å². The molecule has 6 heteroatoms. The summed E-state index contributed by atoms with van der Waals surface area (Å²) in [5.41, 5.74) is 1.33. The van der Waals surface area contributed by atoms with Crippen molar-refractivity contribution in [2.75, 3.05) is 4.90 Å². The number of halogens is 1. The fraction of sp³-hybridized carbons (Fsp3) is 0.318. The number of anilines is 1. The molecule has 0 N–H and O–H groups in total. The maximum atomic E-state index is 13.4. The number of aromatic nitrogens is 1. The van der Waals surface area contributed by atoms with Crippen molar-refractivity contribution in [3.63, 3.8) is 0 Å². The Morgan fingerprint density at radius 1 is 1.04 bits per heavy atom. The summed E-state index contributed by atoms with van der Waals surface area (Å²) in [7, 11) is 0. The monoisotopic (exact) mass is 394 g/mol. The Hall–Kier alpha value is -2.66. The summed E-state index contributed by atoms with van der Waals surface area (Å²) in [4.78, 5) is 32.7. The summed E-state index contributed by atoms with van der Waals surface area (Å²) >= 11 is 5.98. The maximum absolute atomic E-state index is 13.4. The van der Waals surface area contributed by atoms with E-state index in [9.17, 15) is 9.59 Å². The van der Waals surface area contributed by atoms with Gasteiger partial charge in [-0.15, -0.1) is 0 Å². The highest BCUT2D eigenvalue weighted by Gasteiger charge is 2.52. The van der Waals surface area contributed by atoms with Crippen LogP contribution in [0.4, 0.5) is 5.82 Å². The van der Waals surface area contributed by atoms with Gasteiger partial charge in [-0.1, -0.05) is 48.4 Å². The number of ketones is 1. The lowest BCUT2D eigenvalue weighted by molar-refractivity contribution is -0.131. The number of benzene rings is 1. The third kappa shape index (κ3) is 2.65. The van der Waals surface area contributed by atoms with Gasteiger partial charge in [-0.05, 0) is 37.0 Å². The van der Waals surface area contributed by atoms with E-state index in [0.717, 1.165) is 31.2 Å². The highest BCUT2D eigenvalue weighted by molar-refractivity contribution is 6.30. The molecule has 1 aromatic carbocycles. The van der Waals surface area contributed by atoms with Crippen LogP contribution in [0, 0.1) is 5.92 Å². The molecule has 2 aromatic rings. The molecule has 5 nitrogen and oxygen atoms in total. The van der Waals surface area contributed by atoms with Gasteiger partial charge in [0.15, 0.2) is 11.5 Å². The van der Waals surface area contributed by atoms with Crippen molar-refractivity contribution < 1.29 is 14.3 Å². The van der Waals surface area contributed by atoms with Crippen molar-refractivity contribution in [1.82, 2.24) is 4.98 Å². The third-order valence-corrected chi connectivity index (χ3v) is 6.06. The molecule has 0 bridgehead atoms. The molecule has 2 aliphatic heterocycles. The zero-order valence-corrected chi connectivity index (χ0v) is 15.9. The van der Waals surface area contributed by atoms with Crippen LogP contribution in [0.25, 0.3) is 0 Å². The van der Waals surface area contributed by atoms with E-state index in [2.05, 4.69) is 4.98 Å². The fourth-order valence-corrected chi connectivity index (χ4v) is 4.65. The summed E-state index contributed by atoms with van der Waals surface area (Å²) in [6.07, 6.45) is 4.98. The molecule has 3 heterocycles. The van der Waals surface area contributed by atoms with Gasteiger partial charge in [0, 0.05) is 6.20 Å². The first kappa shape index (κ1) is 17.4. The van der Waals surface area contributed by atoms with E-state index in [1.54, 1.807) is 17.0 Å². The largest absolute Gasteiger partial charge is 0.483 e. The van der Waals surface area contributed by atoms with E-state index in [1.807, 2.05) is 30.3 Å². The van der Waals surface area contributed by atoms with Gasteiger partial charge in [-0.3, -0.25) is 14.5 Å². The highest BCUT2D eigenvalue weighted by Crippen LogP contribution is 2.47. The molecule has 5 rings (SSSR count). The van der Waals surface area contributed by atoms with Gasteiger partial charge in [0.2, 0.25) is 0 Å². The number of pyridine rings is 1. The Kier molecular flexibility index (Phi) is 4.20. The van der Waals surface area contributed by atoms with Gasteiger partial charge in [0.05, 0.1) is 22.6 Å². The normalized spacial score (nSPS) is 26.8. The predicted molar refractivity (Wildman–Crippen MR) is 105 cm³/mol. The topological polar surface area (TPSA) is 59.5 Å². The Morgan fingerprint density at radius 3 is 2.57 bits per heavy atom. The predicted octanol–water partition coefficient (Wildman–Crippen LogP) is 4.24. The number of hydrogen-bond donors (Lipinski definition) is 0. The van der Waals surface area contributed by atoms with Gasteiger partial charge in [-0.25, -0.2) is 4.98 Å². The third-order valence-electron chi connectivity index (χ3n) is 5.84. The molecule has 1 saturated carbocycles. The molecule has 0 saturated heterocycles. The molecular weight excluding hydrogens is 376 g/mol. The summed E-state index contributed by atoms with van der Waals surface area (Å²) < 4.78 is 6.14. The average Bonchev–Trinajstić information content (AvgIpc) is 3.02. The molecule has 1 aliphatic carbocycles. The maximum Gasteiger partial charge on any atom is 0.295 e. The van der Waals surface area contributed by atoms with E-state index >= 15 is 0 Å². The summed E-state index contributed by atoms with van der Waals surface area (Å²) in [6.45, 7) is 0. The van der Waals surface area contributed by atoms with Crippen LogP contribution in [0.5, 0.6) is 0 Å². The van der Waals surface area contributed by atoms with Crippen LogP contribution in [-0.2, 0) is 14.3 Å². The molecule has 3 atom stereocenters. The molecule has 0 radical (unpaired) electrons. The summed E-state index contributed by atoms with van der Waals surface area (Å²) in [6, 6.07) is 12.4. The first-order valence-corrected chi connectivity index (χ1v) is 9.98. The number of hydrogen-bond acceptors (Lipinski definition) is 4. The molecule has 1 amide bonds. The number of Topliss-reactive ketones (excluding diaryl/α,β-unsaturated/α-hetero) is 1. The van der Waals surface area contributed by atoms with Crippen molar-refractivity contribution in [1.29, 1.82) is 0 Å². The second-order valence-electron chi connectivity index (χ2n) is 7.48. The van der Waals surface area contributed by atoms with E-state index in [-0.39, 0.29) is 29.5 Å². The molecule has 0 spiro atoms. The lowest BCUT2D eigenvalue weighted by atomic mass is 9.77. The summed E-state index contributed by atoms with van der Waals surface area (Å²) in [5, 5.41) is 0.489. The fourth-order valence-electron chi connectivity index (χ4n) is 4.54. The molecule has 28 heavy (non-hydrogen) atoms. The molecular formula is C22H19ClN2O3. The van der Waals surface area contributed by atoms with Crippen molar-refractivity contribution in [3.8, 4) is 0 Å². The zero-order valence-electron chi connectivity index (χ0n) is 15.2. The van der Waals surface area contributed by atoms with Gasteiger partial charge >= 0.3 is 0 Å². The van der Waals surface area contributed by atoms with Gasteiger partial charge in [0.1, 0.15) is 11.9 Å². The van der Waals surface area contributed by atoms with Crippen LogP contribution in [-0.4, -0.2) is 22.8 Å². The smallest absolute Gasteiger partial charge is 0.295 e. The lowest BCUT2D eigenvalue weighted by Gasteiger charge is -2.35. The first-order valence-electron chi connectivity index (χ1n) is 9.60. The van der Waals surface area contributed by atoms with Crippen LogP contribution in [0.1, 0.15) is 37.3 Å². The molecule has 1 fully saturated rings. The van der Waals surface area contributed by atoms with Crippen molar-refractivity contribution in [3.05, 3.63) is 70.6 Å². The van der Waals surface area contributed by atoms with Crippen molar-refractivity contribution in [2.45, 2.75) is 37.8 Å². The van der Waals surface area contributed by atoms with Crippen LogP contribution in [0.2, 0.25) is 5.02 Å². The quantitative estimate of drug-likeness (QED) is 0.764. The molecule has 3 unspecified atom stereocenters. The van der Waals surface area contributed by atoms with E-state index in [0.29, 0.717) is 16.4 Å². The minimum absolute atomic E-state index is 0.0459. The number of ether oxygens (including phenoxy) is 1. The molecule has 142 valence electrons.